The first kappa shape index (κ1) is 27.0. The van der Waals surface area contributed by atoms with E-state index in [4.69, 9.17) is 14.2 Å². The summed E-state index contributed by atoms with van der Waals surface area (Å²) < 4.78 is 14.9. The maximum absolute atomic E-state index is 12.1. The number of rotatable bonds is 11. The number of benzene rings is 2. The number of amides is 2. The monoisotopic (exact) mass is 484 g/mol. The summed E-state index contributed by atoms with van der Waals surface area (Å²) in [5, 5.41) is 5.15. The molecule has 0 aliphatic heterocycles. The van der Waals surface area contributed by atoms with Crippen LogP contribution in [0.5, 0.6) is 0 Å². The van der Waals surface area contributed by atoms with E-state index in [1.807, 2.05) is 0 Å². The van der Waals surface area contributed by atoms with Crippen LogP contribution in [0, 0.1) is 0 Å². The standard InChI is InChI=1S/C25H28N2O8/c1-4-33-24(31)17-5-9-20(10-6-17)27-22(29)15-34-23(30)14-13-21(28)26-19-11-7-18(8-12-19)25(32)35-16(2)3/h5-12,16H,4,13-15H2,1-3H3,(H,26,28)(H,27,29). The maximum atomic E-state index is 12.1. The van der Waals surface area contributed by atoms with E-state index >= 15 is 0 Å². The Bertz CT molecular complexity index is 1050. The Morgan fingerprint density at radius 2 is 1.23 bits per heavy atom. The Hall–Kier alpha value is -4.21. The van der Waals surface area contributed by atoms with E-state index in [-0.39, 0.29) is 25.6 Å². The van der Waals surface area contributed by atoms with Crippen LogP contribution in [-0.2, 0) is 28.6 Å². The average molecular weight is 485 g/mol. The summed E-state index contributed by atoms with van der Waals surface area (Å²) in [5.41, 5.74) is 1.58. The third-order valence-corrected chi connectivity index (χ3v) is 4.35. The molecule has 2 aromatic carbocycles. The van der Waals surface area contributed by atoms with Crippen molar-refractivity contribution in [3.8, 4) is 0 Å². The van der Waals surface area contributed by atoms with Gasteiger partial charge in [0.1, 0.15) is 0 Å². The molecule has 10 heteroatoms. The first-order valence-corrected chi connectivity index (χ1v) is 11.0. The fourth-order valence-corrected chi connectivity index (χ4v) is 2.73. The summed E-state index contributed by atoms with van der Waals surface area (Å²) in [6.07, 6.45) is -0.601. The minimum absolute atomic E-state index is 0.146. The van der Waals surface area contributed by atoms with E-state index in [1.54, 1.807) is 32.9 Å². The van der Waals surface area contributed by atoms with Crippen LogP contribution in [0.25, 0.3) is 0 Å². The van der Waals surface area contributed by atoms with Crippen molar-refractivity contribution in [3.63, 3.8) is 0 Å². The number of hydrogen-bond donors (Lipinski definition) is 2. The van der Waals surface area contributed by atoms with Gasteiger partial charge in [-0.2, -0.15) is 0 Å². The summed E-state index contributed by atoms with van der Waals surface area (Å²) in [6, 6.07) is 12.2. The molecule has 2 amide bonds. The van der Waals surface area contributed by atoms with Crippen molar-refractivity contribution in [1.29, 1.82) is 0 Å². The number of esters is 3. The van der Waals surface area contributed by atoms with Gasteiger partial charge in [-0.1, -0.05) is 0 Å². The molecule has 2 rings (SSSR count). The van der Waals surface area contributed by atoms with E-state index in [9.17, 15) is 24.0 Å². The van der Waals surface area contributed by atoms with Crippen LogP contribution < -0.4 is 10.6 Å². The summed E-state index contributed by atoms with van der Waals surface area (Å²) in [6.45, 7) is 4.93. The summed E-state index contributed by atoms with van der Waals surface area (Å²) in [4.78, 5) is 59.3. The molecule has 2 aromatic rings. The second kappa shape index (κ2) is 13.5. The predicted molar refractivity (Wildman–Crippen MR) is 127 cm³/mol. The van der Waals surface area contributed by atoms with E-state index in [2.05, 4.69) is 10.6 Å². The third kappa shape index (κ3) is 9.66. The minimum Gasteiger partial charge on any atom is -0.462 e. The van der Waals surface area contributed by atoms with Gasteiger partial charge < -0.3 is 24.8 Å². The Morgan fingerprint density at radius 3 is 1.74 bits per heavy atom. The lowest BCUT2D eigenvalue weighted by molar-refractivity contribution is -0.147. The molecule has 0 spiro atoms. The van der Waals surface area contributed by atoms with Crippen molar-refractivity contribution < 1.29 is 38.2 Å². The third-order valence-electron chi connectivity index (χ3n) is 4.35. The largest absolute Gasteiger partial charge is 0.462 e. The van der Waals surface area contributed by atoms with Crippen LogP contribution in [0.15, 0.2) is 48.5 Å². The van der Waals surface area contributed by atoms with Crippen LogP contribution in [0.1, 0.15) is 54.3 Å². The van der Waals surface area contributed by atoms with E-state index in [0.717, 1.165) is 0 Å². The molecule has 0 atom stereocenters. The van der Waals surface area contributed by atoms with E-state index in [0.29, 0.717) is 22.5 Å². The van der Waals surface area contributed by atoms with Crippen molar-refractivity contribution in [2.75, 3.05) is 23.8 Å². The van der Waals surface area contributed by atoms with Gasteiger partial charge in [-0.3, -0.25) is 14.4 Å². The fraction of sp³-hybridized carbons (Fsp3) is 0.320. The highest BCUT2D eigenvalue weighted by atomic mass is 16.5. The normalized spacial score (nSPS) is 10.3. The molecule has 0 unspecified atom stereocenters. The Balaban J connectivity index is 1.70. The number of anilines is 2. The molecule has 35 heavy (non-hydrogen) atoms. The number of nitrogens with one attached hydrogen (secondary N) is 2. The molecular formula is C25H28N2O8. The molecule has 0 heterocycles. The number of hydrogen-bond acceptors (Lipinski definition) is 8. The van der Waals surface area contributed by atoms with Crippen molar-refractivity contribution in [2.45, 2.75) is 39.7 Å². The molecule has 186 valence electrons. The predicted octanol–water partition coefficient (Wildman–Crippen LogP) is 3.33. The van der Waals surface area contributed by atoms with Gasteiger partial charge in [0.05, 0.1) is 30.3 Å². The van der Waals surface area contributed by atoms with Crippen molar-refractivity contribution in [1.82, 2.24) is 0 Å². The number of ether oxygens (including phenoxy) is 3. The van der Waals surface area contributed by atoms with Crippen molar-refractivity contribution >= 4 is 41.1 Å². The summed E-state index contributed by atoms with van der Waals surface area (Å²) in [7, 11) is 0. The molecule has 0 aromatic heterocycles. The molecule has 0 saturated heterocycles. The molecule has 2 N–H and O–H groups in total. The Labute approximate surface area is 202 Å². The zero-order valence-electron chi connectivity index (χ0n) is 19.8. The van der Waals surface area contributed by atoms with E-state index in [1.165, 1.54) is 36.4 Å². The summed E-state index contributed by atoms with van der Waals surface area (Å²) >= 11 is 0. The van der Waals surface area contributed by atoms with Crippen LogP contribution in [-0.4, -0.2) is 49.0 Å². The van der Waals surface area contributed by atoms with Gasteiger partial charge in [-0.05, 0) is 69.3 Å². The lowest BCUT2D eigenvalue weighted by Gasteiger charge is -2.09. The molecule has 0 fully saturated rings. The van der Waals surface area contributed by atoms with Crippen LogP contribution in [0.2, 0.25) is 0 Å². The second-order valence-electron chi connectivity index (χ2n) is 7.59. The first-order chi connectivity index (χ1) is 16.7. The zero-order chi connectivity index (χ0) is 25.8. The Kier molecular flexibility index (Phi) is 10.4. The average Bonchev–Trinajstić information content (AvgIpc) is 2.82. The number of carbonyl (C=O) groups is 5. The SMILES string of the molecule is CCOC(=O)c1ccc(NC(=O)COC(=O)CCC(=O)Nc2ccc(C(=O)OC(C)C)cc2)cc1. The molecule has 0 bridgehead atoms. The van der Waals surface area contributed by atoms with Crippen LogP contribution >= 0.6 is 0 Å². The second-order valence-corrected chi connectivity index (χ2v) is 7.59. The topological polar surface area (TPSA) is 137 Å². The van der Waals surface area contributed by atoms with Gasteiger partial charge in [-0.15, -0.1) is 0 Å². The number of carbonyl (C=O) groups excluding carboxylic acids is 5. The van der Waals surface area contributed by atoms with Gasteiger partial charge in [0, 0.05) is 17.8 Å². The maximum Gasteiger partial charge on any atom is 0.338 e. The first-order valence-electron chi connectivity index (χ1n) is 11.0. The lowest BCUT2D eigenvalue weighted by atomic mass is 10.2. The summed E-state index contributed by atoms with van der Waals surface area (Å²) in [5.74, 6) is -2.63. The zero-order valence-corrected chi connectivity index (χ0v) is 19.8. The van der Waals surface area contributed by atoms with E-state index < -0.39 is 36.3 Å². The lowest BCUT2D eigenvalue weighted by Crippen LogP contribution is -2.21. The fourth-order valence-electron chi connectivity index (χ4n) is 2.73. The molecule has 0 aliphatic carbocycles. The van der Waals surface area contributed by atoms with Crippen LogP contribution in [0.4, 0.5) is 11.4 Å². The van der Waals surface area contributed by atoms with Gasteiger partial charge in [0.15, 0.2) is 6.61 Å². The highest BCUT2D eigenvalue weighted by Crippen LogP contribution is 2.13. The smallest absolute Gasteiger partial charge is 0.338 e. The van der Waals surface area contributed by atoms with Crippen LogP contribution in [0.3, 0.4) is 0 Å². The molecule has 10 nitrogen and oxygen atoms in total. The molecule has 0 radical (unpaired) electrons. The molecule has 0 saturated carbocycles. The highest BCUT2D eigenvalue weighted by Gasteiger charge is 2.13. The quantitative estimate of drug-likeness (QED) is 0.366. The Morgan fingerprint density at radius 1 is 0.714 bits per heavy atom. The van der Waals surface area contributed by atoms with Gasteiger partial charge in [0.2, 0.25) is 5.91 Å². The molecular weight excluding hydrogens is 456 g/mol. The van der Waals surface area contributed by atoms with Gasteiger partial charge in [-0.25, -0.2) is 9.59 Å². The highest BCUT2D eigenvalue weighted by molar-refractivity contribution is 5.96. The van der Waals surface area contributed by atoms with Crippen molar-refractivity contribution in [3.05, 3.63) is 59.7 Å². The molecule has 0 aliphatic rings. The van der Waals surface area contributed by atoms with Gasteiger partial charge >= 0.3 is 17.9 Å². The van der Waals surface area contributed by atoms with Crippen molar-refractivity contribution in [2.24, 2.45) is 0 Å². The minimum atomic E-state index is -0.709. The van der Waals surface area contributed by atoms with Gasteiger partial charge in [0.25, 0.3) is 5.91 Å².